The Morgan fingerprint density at radius 3 is 2.77 bits per heavy atom. The maximum atomic E-state index is 11.0. The summed E-state index contributed by atoms with van der Waals surface area (Å²) in [7, 11) is 0. The Morgan fingerprint density at radius 1 is 1.27 bits per heavy atom. The fourth-order valence-electron chi connectivity index (χ4n) is 3.85. The Labute approximate surface area is 155 Å². The minimum absolute atomic E-state index is 0.174. The molecule has 0 amide bonds. The van der Waals surface area contributed by atoms with Gasteiger partial charge in [0.15, 0.2) is 0 Å². The summed E-state index contributed by atoms with van der Waals surface area (Å²) in [6.07, 6.45) is 7.16. The zero-order valence-corrected chi connectivity index (χ0v) is 15.6. The van der Waals surface area contributed by atoms with Gasteiger partial charge in [-0.1, -0.05) is 30.3 Å². The third kappa shape index (κ3) is 4.25. The van der Waals surface area contributed by atoms with Gasteiger partial charge in [0.05, 0.1) is 12.7 Å². The number of nitrogens with zero attached hydrogens (tertiary/aromatic N) is 1. The van der Waals surface area contributed by atoms with Crippen molar-refractivity contribution >= 4 is 11.5 Å². The maximum absolute atomic E-state index is 11.0. The minimum Gasteiger partial charge on any atom is -0.481 e. The summed E-state index contributed by atoms with van der Waals surface area (Å²) >= 11 is 0. The fourth-order valence-corrected chi connectivity index (χ4v) is 3.85. The van der Waals surface area contributed by atoms with Crippen molar-refractivity contribution in [2.45, 2.75) is 45.6 Å². The Hall–Kier alpha value is -2.33. The highest BCUT2D eigenvalue weighted by Gasteiger charge is 2.25. The number of hydrogen-bond donors (Lipinski definition) is 1. The van der Waals surface area contributed by atoms with Crippen LogP contribution >= 0.6 is 0 Å². The first-order valence-corrected chi connectivity index (χ1v) is 9.32. The molecule has 4 heteroatoms. The normalized spacial score (nSPS) is 18.4. The van der Waals surface area contributed by atoms with Gasteiger partial charge in [-0.2, -0.15) is 0 Å². The highest BCUT2D eigenvalue weighted by Crippen LogP contribution is 2.30. The van der Waals surface area contributed by atoms with Crippen LogP contribution in [-0.2, 0) is 4.79 Å². The van der Waals surface area contributed by atoms with E-state index in [1.807, 2.05) is 12.1 Å². The molecule has 0 aliphatic carbocycles. The maximum Gasteiger partial charge on any atom is 0.304 e. The lowest BCUT2D eigenvalue weighted by Gasteiger charge is -2.22. The summed E-state index contributed by atoms with van der Waals surface area (Å²) in [5, 5.41) is 9.09. The van der Waals surface area contributed by atoms with Crippen molar-refractivity contribution in [2.24, 2.45) is 0 Å². The lowest BCUT2D eigenvalue weighted by molar-refractivity contribution is -0.138. The van der Waals surface area contributed by atoms with Crippen LogP contribution in [0.3, 0.4) is 0 Å². The number of aryl methyl sites for hydroxylation is 2. The highest BCUT2D eigenvalue weighted by atomic mass is 16.4. The van der Waals surface area contributed by atoms with Gasteiger partial charge in [-0.25, -0.2) is 0 Å². The monoisotopic (exact) mass is 353 g/mol. The minimum atomic E-state index is -0.704. The lowest BCUT2D eigenvalue weighted by atomic mass is 9.96. The largest absolute Gasteiger partial charge is 0.481 e. The second kappa shape index (κ2) is 8.37. The smallest absolute Gasteiger partial charge is 0.304 e. The summed E-state index contributed by atoms with van der Waals surface area (Å²) in [5.41, 5.74) is 4.66. The zero-order chi connectivity index (χ0) is 18.5. The third-order valence-corrected chi connectivity index (χ3v) is 5.22. The molecule has 1 N–H and O–H groups in total. The average molecular weight is 353 g/mol. The van der Waals surface area contributed by atoms with Crippen molar-refractivity contribution in [3.05, 3.63) is 65.1 Å². The van der Waals surface area contributed by atoms with E-state index >= 15 is 0 Å². The van der Waals surface area contributed by atoms with Crippen molar-refractivity contribution in [2.75, 3.05) is 13.1 Å². The van der Waals surface area contributed by atoms with Crippen molar-refractivity contribution < 1.29 is 14.3 Å². The molecule has 0 unspecified atom stereocenters. The summed E-state index contributed by atoms with van der Waals surface area (Å²) in [4.78, 5) is 13.4. The van der Waals surface area contributed by atoms with Crippen molar-refractivity contribution in [1.82, 2.24) is 4.90 Å². The first kappa shape index (κ1) is 18.5. The van der Waals surface area contributed by atoms with Crippen LogP contribution in [0.25, 0.3) is 5.57 Å². The number of aliphatic carboxylic acids is 1. The molecule has 1 aromatic heterocycles. The summed E-state index contributed by atoms with van der Waals surface area (Å²) in [6, 6.07) is 10.5. The molecule has 1 aromatic carbocycles. The van der Waals surface area contributed by atoms with Gasteiger partial charge in [-0.3, -0.25) is 9.69 Å². The highest BCUT2D eigenvalue weighted by molar-refractivity contribution is 5.80. The van der Waals surface area contributed by atoms with Gasteiger partial charge in [0.25, 0.3) is 0 Å². The van der Waals surface area contributed by atoms with Crippen molar-refractivity contribution in [3.8, 4) is 0 Å². The number of carboxylic acid groups (broad SMARTS) is 1. The van der Waals surface area contributed by atoms with E-state index in [4.69, 9.17) is 9.52 Å². The Morgan fingerprint density at radius 2 is 2.08 bits per heavy atom. The Kier molecular flexibility index (Phi) is 5.94. The van der Waals surface area contributed by atoms with Crippen LogP contribution in [0.5, 0.6) is 0 Å². The molecule has 138 valence electrons. The van der Waals surface area contributed by atoms with E-state index in [9.17, 15) is 4.79 Å². The van der Waals surface area contributed by atoms with Crippen molar-refractivity contribution in [3.63, 3.8) is 0 Å². The van der Waals surface area contributed by atoms with Gasteiger partial charge in [-0.05, 0) is 62.4 Å². The van der Waals surface area contributed by atoms with Crippen LogP contribution < -0.4 is 0 Å². The SMILES string of the molecule is Cc1ccccc1C(=CCCN1CCC[C@H]1CC(=O)O)c1occc1C. The molecule has 2 heterocycles. The molecule has 4 nitrogen and oxygen atoms in total. The van der Waals surface area contributed by atoms with E-state index in [-0.39, 0.29) is 12.5 Å². The standard InChI is InChI=1S/C22H27NO3/c1-16-7-3-4-9-19(16)20(22-17(2)11-14-26-22)10-6-13-23-12-5-8-18(23)15-21(24)25/h3-4,7,9-11,14,18H,5-6,8,12-13,15H2,1-2H3,(H,24,25)/t18-/m0/s1. The van der Waals surface area contributed by atoms with Gasteiger partial charge in [0, 0.05) is 18.2 Å². The van der Waals surface area contributed by atoms with Gasteiger partial charge in [0.1, 0.15) is 5.76 Å². The van der Waals surface area contributed by atoms with Gasteiger partial charge in [-0.15, -0.1) is 0 Å². The summed E-state index contributed by atoms with van der Waals surface area (Å²) in [6.45, 7) is 6.05. The molecule has 0 bridgehead atoms. The van der Waals surface area contributed by atoms with E-state index in [2.05, 4.69) is 43.0 Å². The van der Waals surface area contributed by atoms with E-state index in [1.54, 1.807) is 6.26 Å². The molecule has 1 fully saturated rings. The quantitative estimate of drug-likeness (QED) is 0.787. The average Bonchev–Trinajstić information content (AvgIpc) is 3.21. The predicted octanol–water partition coefficient (Wildman–Crippen LogP) is 4.66. The van der Waals surface area contributed by atoms with Crippen LogP contribution in [0.1, 0.15) is 48.1 Å². The number of carboxylic acids is 1. The fraction of sp³-hybridized carbons (Fsp3) is 0.409. The van der Waals surface area contributed by atoms with E-state index in [1.165, 1.54) is 11.1 Å². The molecular weight excluding hydrogens is 326 g/mol. The lowest BCUT2D eigenvalue weighted by Crippen LogP contribution is -2.32. The summed E-state index contributed by atoms with van der Waals surface area (Å²) in [5.74, 6) is 0.215. The number of likely N-dealkylation sites (tertiary alicyclic amines) is 1. The molecule has 0 radical (unpaired) electrons. The second-order valence-corrected chi connectivity index (χ2v) is 7.08. The number of furan rings is 1. The number of hydrogen-bond acceptors (Lipinski definition) is 3. The molecule has 1 saturated heterocycles. The topological polar surface area (TPSA) is 53.7 Å². The van der Waals surface area contributed by atoms with Crippen LogP contribution in [0.15, 0.2) is 47.1 Å². The van der Waals surface area contributed by atoms with Crippen LogP contribution in [0.4, 0.5) is 0 Å². The molecule has 1 aliphatic heterocycles. The first-order valence-electron chi connectivity index (χ1n) is 9.32. The van der Waals surface area contributed by atoms with Crippen LogP contribution in [0.2, 0.25) is 0 Å². The molecule has 2 aromatic rings. The van der Waals surface area contributed by atoms with Gasteiger partial charge in [0.2, 0.25) is 0 Å². The second-order valence-electron chi connectivity index (χ2n) is 7.08. The van der Waals surface area contributed by atoms with E-state index in [0.29, 0.717) is 0 Å². The Bertz CT molecular complexity index is 790. The molecular formula is C22H27NO3. The first-order chi connectivity index (χ1) is 12.6. The molecule has 1 aliphatic rings. The molecule has 3 rings (SSSR count). The molecule has 0 saturated carbocycles. The number of carbonyl (C=O) groups is 1. The molecule has 0 spiro atoms. The van der Waals surface area contributed by atoms with Crippen LogP contribution in [0, 0.1) is 13.8 Å². The predicted molar refractivity (Wildman–Crippen MR) is 103 cm³/mol. The number of rotatable bonds is 7. The van der Waals surface area contributed by atoms with Gasteiger partial charge < -0.3 is 9.52 Å². The molecule has 1 atom stereocenters. The third-order valence-electron chi connectivity index (χ3n) is 5.22. The number of benzene rings is 1. The Balaban J connectivity index is 1.79. The summed E-state index contributed by atoms with van der Waals surface area (Å²) < 4.78 is 5.77. The van der Waals surface area contributed by atoms with E-state index < -0.39 is 5.97 Å². The van der Waals surface area contributed by atoms with E-state index in [0.717, 1.165) is 49.2 Å². The van der Waals surface area contributed by atoms with Gasteiger partial charge >= 0.3 is 5.97 Å². The van der Waals surface area contributed by atoms with Crippen molar-refractivity contribution in [1.29, 1.82) is 0 Å². The molecule has 26 heavy (non-hydrogen) atoms. The zero-order valence-electron chi connectivity index (χ0n) is 15.6. The van der Waals surface area contributed by atoms with Crippen LogP contribution in [-0.4, -0.2) is 35.1 Å².